The predicted octanol–water partition coefficient (Wildman–Crippen LogP) is 5.53. The number of benzene rings is 2. The van der Waals surface area contributed by atoms with E-state index < -0.39 is 41.0 Å². The van der Waals surface area contributed by atoms with E-state index in [4.69, 9.17) is 4.84 Å². The highest BCUT2D eigenvalue weighted by Crippen LogP contribution is 2.37. The maximum atomic E-state index is 13.6. The number of halogens is 6. The van der Waals surface area contributed by atoms with Crippen molar-refractivity contribution in [2.45, 2.75) is 31.7 Å². The van der Waals surface area contributed by atoms with Crippen LogP contribution in [0.1, 0.15) is 34.0 Å². The molecule has 4 rings (SSSR count). The van der Waals surface area contributed by atoms with Crippen molar-refractivity contribution in [1.82, 2.24) is 19.7 Å². The summed E-state index contributed by atoms with van der Waals surface area (Å²) < 4.78 is 81.1. The number of amides is 1. The summed E-state index contributed by atoms with van der Waals surface area (Å²) in [6.45, 7) is 4.13. The number of rotatable bonds is 9. The largest absolute Gasteiger partial charge is 0.416 e. The molecule has 1 saturated heterocycles. The van der Waals surface area contributed by atoms with Crippen molar-refractivity contribution in [2.75, 3.05) is 53.4 Å². The molecule has 0 saturated carbocycles. The van der Waals surface area contributed by atoms with Crippen LogP contribution in [0.4, 0.5) is 26.3 Å². The Morgan fingerprint density at radius 3 is 2.36 bits per heavy atom. The monoisotopic (exact) mass is 597 g/mol. The number of oxime groups is 1. The van der Waals surface area contributed by atoms with Gasteiger partial charge in [0.25, 0.3) is 5.91 Å². The molecule has 2 heterocycles. The molecule has 0 bridgehead atoms. The van der Waals surface area contributed by atoms with Gasteiger partial charge in [0.15, 0.2) is 0 Å². The molecule has 1 aliphatic rings. The fraction of sp³-hybridized carbons (Fsp3) is 0.448. The molecule has 3 aromatic rings. The number of hydrogen-bond donors (Lipinski definition) is 1. The second-order valence-electron chi connectivity index (χ2n) is 10.7. The van der Waals surface area contributed by atoms with Gasteiger partial charge in [-0.15, -0.1) is 0 Å². The van der Waals surface area contributed by atoms with Gasteiger partial charge in [0.05, 0.1) is 16.8 Å². The molecule has 1 atom stereocenters. The number of carbonyl (C=O) groups excluding carboxylic acids is 1. The molecule has 1 aliphatic heterocycles. The zero-order valence-corrected chi connectivity index (χ0v) is 23.5. The molecule has 1 amide bonds. The zero-order chi connectivity index (χ0) is 30.7. The average molecular weight is 598 g/mol. The van der Waals surface area contributed by atoms with Crippen molar-refractivity contribution in [1.29, 1.82) is 0 Å². The van der Waals surface area contributed by atoms with E-state index in [2.05, 4.69) is 10.1 Å². The Balaban J connectivity index is 1.61. The molecule has 0 radical (unpaired) electrons. The Morgan fingerprint density at radius 1 is 1.05 bits per heavy atom. The summed E-state index contributed by atoms with van der Waals surface area (Å²) in [6, 6.07) is 8.04. The van der Waals surface area contributed by atoms with E-state index in [1.165, 1.54) is 4.90 Å². The summed E-state index contributed by atoms with van der Waals surface area (Å²) in [5.41, 5.74) is -1.23. The normalized spacial score (nSPS) is 17.3. The van der Waals surface area contributed by atoms with Crippen molar-refractivity contribution >= 4 is 22.5 Å². The Kier molecular flexibility index (Phi) is 9.51. The van der Waals surface area contributed by atoms with Crippen molar-refractivity contribution in [3.63, 3.8) is 0 Å². The first-order chi connectivity index (χ1) is 19.7. The summed E-state index contributed by atoms with van der Waals surface area (Å²) in [7, 11) is 3.83. The topological polar surface area (TPSA) is 64.2 Å². The number of aromatic nitrogens is 1. The first kappa shape index (κ1) is 31.4. The van der Waals surface area contributed by atoms with E-state index in [-0.39, 0.29) is 12.6 Å². The van der Waals surface area contributed by atoms with Gasteiger partial charge in [-0.05, 0) is 57.3 Å². The Hall–Kier alpha value is -3.58. The number of nitrogens with zero attached hydrogens (tertiary/aromatic N) is 4. The molecule has 2 aromatic carbocycles. The fourth-order valence-corrected chi connectivity index (χ4v) is 5.04. The number of alkyl halides is 6. The highest BCUT2D eigenvalue weighted by atomic mass is 19.4. The fourth-order valence-electron chi connectivity index (χ4n) is 5.04. The number of hydrogen-bond acceptors (Lipinski definition) is 5. The first-order valence-electron chi connectivity index (χ1n) is 13.4. The lowest BCUT2D eigenvalue weighted by molar-refractivity contribution is -0.143. The van der Waals surface area contributed by atoms with Gasteiger partial charge in [-0.25, -0.2) is 0 Å². The predicted molar refractivity (Wildman–Crippen MR) is 147 cm³/mol. The second kappa shape index (κ2) is 12.7. The van der Waals surface area contributed by atoms with E-state index >= 15 is 0 Å². The SMILES string of the molecule is CC(CN1CCN(C(=O)c2cc(C(F)(F)F)cc(C(F)(F)F)c2)C(Cc2c[nH]c3ccccc23)C1)=NOCCN(C)C. The van der Waals surface area contributed by atoms with Crippen LogP contribution in [0.25, 0.3) is 10.9 Å². The lowest BCUT2D eigenvalue weighted by Gasteiger charge is -2.41. The van der Waals surface area contributed by atoms with Crippen molar-refractivity contribution in [2.24, 2.45) is 5.16 Å². The summed E-state index contributed by atoms with van der Waals surface area (Å²) in [4.78, 5) is 27.6. The van der Waals surface area contributed by atoms with E-state index in [0.29, 0.717) is 57.1 Å². The third-order valence-electron chi connectivity index (χ3n) is 7.10. The minimum atomic E-state index is -5.05. The molecule has 1 unspecified atom stereocenters. The standard InChI is InChI=1S/C29H33F6N5O2/c1-19(37-42-11-10-38(2)3)17-39-8-9-40(24(18-39)14-21-16-36-26-7-5-4-6-25(21)26)27(41)20-12-22(28(30,31)32)15-23(13-20)29(33,34)35/h4-7,12-13,15-16,24,36H,8-11,14,17-18H2,1-3H3. The summed E-state index contributed by atoms with van der Waals surface area (Å²) >= 11 is 0. The number of H-pyrrole nitrogens is 1. The molecule has 0 spiro atoms. The van der Waals surface area contributed by atoms with Gasteiger partial charge in [-0.1, -0.05) is 23.4 Å². The molecule has 228 valence electrons. The Morgan fingerprint density at radius 2 is 1.71 bits per heavy atom. The van der Waals surface area contributed by atoms with Crippen LogP contribution >= 0.6 is 0 Å². The lowest BCUT2D eigenvalue weighted by Crippen LogP contribution is -2.56. The minimum Gasteiger partial charge on any atom is -0.394 e. The molecule has 1 aromatic heterocycles. The third-order valence-corrected chi connectivity index (χ3v) is 7.10. The average Bonchev–Trinajstić information content (AvgIpc) is 3.32. The van der Waals surface area contributed by atoms with Crippen molar-refractivity contribution in [3.05, 3.63) is 70.9 Å². The van der Waals surface area contributed by atoms with Gasteiger partial charge >= 0.3 is 12.4 Å². The summed E-state index contributed by atoms with van der Waals surface area (Å²) in [5.74, 6) is -0.881. The number of carbonyl (C=O) groups is 1. The van der Waals surface area contributed by atoms with Gasteiger partial charge in [0.1, 0.15) is 6.61 Å². The zero-order valence-electron chi connectivity index (χ0n) is 23.5. The van der Waals surface area contributed by atoms with Gasteiger partial charge in [0, 0.05) is 61.4 Å². The number of piperazine rings is 1. The van der Waals surface area contributed by atoms with Crippen LogP contribution in [-0.4, -0.2) is 90.8 Å². The van der Waals surface area contributed by atoms with Gasteiger partial charge < -0.3 is 19.6 Å². The number of likely N-dealkylation sites (N-methyl/N-ethyl adjacent to an activating group) is 1. The van der Waals surface area contributed by atoms with Gasteiger partial charge in [0.2, 0.25) is 0 Å². The summed E-state index contributed by atoms with van der Waals surface area (Å²) in [5, 5.41) is 5.07. The van der Waals surface area contributed by atoms with Crippen LogP contribution in [0.3, 0.4) is 0 Å². The second-order valence-corrected chi connectivity index (χ2v) is 10.7. The molecule has 1 N–H and O–H groups in total. The van der Waals surface area contributed by atoms with Gasteiger partial charge in [-0.2, -0.15) is 26.3 Å². The summed E-state index contributed by atoms with van der Waals surface area (Å²) in [6.07, 6.45) is -7.95. The maximum absolute atomic E-state index is 13.6. The van der Waals surface area contributed by atoms with E-state index in [1.807, 2.05) is 61.3 Å². The number of fused-ring (bicyclic) bond motifs is 1. The van der Waals surface area contributed by atoms with Crippen LogP contribution < -0.4 is 0 Å². The van der Waals surface area contributed by atoms with Crippen LogP contribution in [0, 0.1) is 0 Å². The molecule has 7 nitrogen and oxygen atoms in total. The van der Waals surface area contributed by atoms with E-state index in [9.17, 15) is 31.1 Å². The molecule has 1 fully saturated rings. The first-order valence-corrected chi connectivity index (χ1v) is 13.4. The highest BCUT2D eigenvalue weighted by molar-refractivity contribution is 5.95. The Labute approximate surface area is 239 Å². The molecule has 42 heavy (non-hydrogen) atoms. The van der Waals surface area contributed by atoms with Gasteiger partial charge in [-0.3, -0.25) is 9.69 Å². The molecule has 0 aliphatic carbocycles. The van der Waals surface area contributed by atoms with Crippen LogP contribution in [0.2, 0.25) is 0 Å². The van der Waals surface area contributed by atoms with Crippen LogP contribution in [0.15, 0.2) is 53.8 Å². The Bertz CT molecular complexity index is 1380. The molecular weight excluding hydrogens is 564 g/mol. The maximum Gasteiger partial charge on any atom is 0.416 e. The number of nitrogens with one attached hydrogen (secondary N) is 1. The third kappa shape index (κ3) is 7.82. The van der Waals surface area contributed by atoms with Crippen LogP contribution in [-0.2, 0) is 23.6 Å². The molecular formula is C29H33F6N5O2. The molecule has 13 heteroatoms. The van der Waals surface area contributed by atoms with Crippen molar-refractivity contribution < 1.29 is 36.0 Å². The van der Waals surface area contributed by atoms with E-state index in [0.717, 1.165) is 16.5 Å². The minimum absolute atomic E-state index is 0.0286. The highest BCUT2D eigenvalue weighted by Gasteiger charge is 2.39. The quantitative estimate of drug-likeness (QED) is 0.153. The number of para-hydroxylation sites is 1. The smallest absolute Gasteiger partial charge is 0.394 e. The number of aromatic amines is 1. The lowest BCUT2D eigenvalue weighted by atomic mass is 9.98. The van der Waals surface area contributed by atoms with E-state index in [1.54, 1.807) is 0 Å². The van der Waals surface area contributed by atoms with Crippen molar-refractivity contribution in [3.8, 4) is 0 Å². The van der Waals surface area contributed by atoms with Crippen LogP contribution in [0.5, 0.6) is 0 Å².